The van der Waals surface area contributed by atoms with Gasteiger partial charge in [-0.25, -0.2) is 4.58 Å². The molecule has 1 heterocycles. The van der Waals surface area contributed by atoms with Crippen molar-refractivity contribution in [3.05, 3.63) is 12.3 Å². The van der Waals surface area contributed by atoms with Crippen LogP contribution in [-0.4, -0.2) is 35.4 Å². The fraction of sp³-hybridized carbons (Fsp3) is 0.500. The molecule has 1 aliphatic heterocycles. The minimum absolute atomic E-state index is 0.0324. The average Bonchev–Trinajstić information content (AvgIpc) is 1.94. The van der Waals surface area contributed by atoms with Crippen LogP contribution >= 0.6 is 19.4 Å². The van der Waals surface area contributed by atoms with E-state index in [1.165, 1.54) is 0 Å². The van der Waals surface area contributed by atoms with Crippen LogP contribution in [0, 0.1) is 0 Å². The van der Waals surface area contributed by atoms with Crippen molar-refractivity contribution < 1.29 is 29.8 Å². The Hall–Kier alpha value is -0.490. The molecule has 0 amide bonds. The van der Waals surface area contributed by atoms with Crippen molar-refractivity contribution in [3.63, 3.8) is 0 Å². The second kappa shape index (κ2) is 3.77. The van der Waals surface area contributed by atoms with Gasteiger partial charge in [-0.1, -0.05) is 0 Å². The second-order valence-electron chi connectivity index (χ2n) is 3.09. The zero-order chi connectivity index (χ0) is 13.3. The van der Waals surface area contributed by atoms with E-state index in [0.717, 1.165) is 0 Å². The first-order valence-electron chi connectivity index (χ1n) is 3.83. The maximum atomic E-state index is 9.87. The predicted molar refractivity (Wildman–Crippen MR) is 52.4 cm³/mol. The van der Waals surface area contributed by atoms with E-state index in [9.17, 15) is 25.2 Å². The third-order valence-electron chi connectivity index (χ3n) is 1.31. The molecule has 10 heteroatoms. The molecule has 1 rings (SSSR count). The zero-order valence-corrected chi connectivity index (χ0v) is 9.95. The van der Waals surface area contributed by atoms with Crippen LogP contribution in [0.25, 0.3) is 0 Å². The summed E-state index contributed by atoms with van der Waals surface area (Å²) in [5, 5.41) is 0. The van der Waals surface area contributed by atoms with E-state index < -0.39 is 7.81 Å². The SMILES string of the molecule is CN1C=CC=[N+](C)C1Cl.F[P-](F)(F)(F)(F)F. The van der Waals surface area contributed by atoms with Crippen LogP contribution < -0.4 is 0 Å². The van der Waals surface area contributed by atoms with Crippen LogP contribution in [-0.2, 0) is 0 Å². The van der Waals surface area contributed by atoms with Crippen LogP contribution in [0.15, 0.2) is 12.3 Å². The Bertz CT molecular complexity index is 308. The van der Waals surface area contributed by atoms with Gasteiger partial charge in [0.05, 0.1) is 0 Å². The van der Waals surface area contributed by atoms with Gasteiger partial charge in [0.1, 0.15) is 7.05 Å². The van der Waals surface area contributed by atoms with Gasteiger partial charge in [0.15, 0.2) is 6.21 Å². The summed E-state index contributed by atoms with van der Waals surface area (Å²) in [5.74, 6) is 0. The summed E-state index contributed by atoms with van der Waals surface area (Å²) in [6, 6.07) is 0. The number of hydrogen-bond acceptors (Lipinski definition) is 1. The van der Waals surface area contributed by atoms with E-state index in [1.54, 1.807) is 0 Å². The van der Waals surface area contributed by atoms with Crippen molar-refractivity contribution in [2.75, 3.05) is 14.1 Å². The molecule has 0 fully saturated rings. The molecule has 98 valence electrons. The summed E-state index contributed by atoms with van der Waals surface area (Å²) in [4.78, 5) is 1.93. The molecule has 0 saturated heterocycles. The molecule has 0 aromatic heterocycles. The summed E-state index contributed by atoms with van der Waals surface area (Å²) < 4.78 is 61.1. The first kappa shape index (κ1) is 15.5. The molecule has 0 aromatic carbocycles. The Morgan fingerprint density at radius 1 is 1.19 bits per heavy atom. The van der Waals surface area contributed by atoms with E-state index in [1.807, 2.05) is 42.1 Å². The van der Waals surface area contributed by atoms with Gasteiger partial charge in [-0.15, -0.1) is 0 Å². The van der Waals surface area contributed by atoms with Crippen molar-refractivity contribution in [1.82, 2.24) is 4.90 Å². The Balaban J connectivity index is 0.000000293. The summed E-state index contributed by atoms with van der Waals surface area (Å²) in [6.45, 7) is 0. The van der Waals surface area contributed by atoms with Gasteiger partial charge in [-0.2, -0.15) is 0 Å². The number of alkyl halides is 1. The van der Waals surface area contributed by atoms with Crippen LogP contribution in [0.1, 0.15) is 0 Å². The minimum atomic E-state index is -10.7. The Morgan fingerprint density at radius 2 is 1.56 bits per heavy atom. The molecule has 0 saturated carbocycles. The molecule has 0 spiro atoms. The first-order valence-corrected chi connectivity index (χ1v) is 6.29. The summed E-state index contributed by atoms with van der Waals surface area (Å²) >= 11 is 5.89. The van der Waals surface area contributed by atoms with Gasteiger partial charge in [-0.3, -0.25) is 0 Å². The maximum absolute atomic E-state index is 10.7. The third-order valence-corrected chi connectivity index (χ3v) is 1.93. The normalized spacial score (nSPS) is 24.9. The van der Waals surface area contributed by atoms with Crippen LogP contribution in [0.4, 0.5) is 25.2 Å². The number of allylic oxidation sites excluding steroid dienone is 1. The molecule has 0 aromatic rings. The topological polar surface area (TPSA) is 6.25 Å². The molecule has 0 radical (unpaired) electrons. The van der Waals surface area contributed by atoms with Gasteiger partial charge >= 0.3 is 38.6 Å². The zero-order valence-electron chi connectivity index (χ0n) is 8.30. The molecule has 1 aliphatic rings. The summed E-state index contributed by atoms with van der Waals surface area (Å²) in [5.41, 5.74) is -0.0324. The van der Waals surface area contributed by atoms with Crippen LogP contribution in [0.3, 0.4) is 0 Å². The third kappa shape index (κ3) is 11.6. The molecular formula is C6H10ClF6N2P. The predicted octanol–water partition coefficient (Wildman–Crippen LogP) is 4.06. The van der Waals surface area contributed by atoms with Gasteiger partial charge in [0.2, 0.25) is 0 Å². The molecule has 16 heavy (non-hydrogen) atoms. The Morgan fingerprint density at radius 3 is 1.81 bits per heavy atom. The van der Waals surface area contributed by atoms with Gasteiger partial charge < -0.3 is 4.90 Å². The number of halogens is 7. The molecule has 0 aliphatic carbocycles. The fourth-order valence-corrected chi connectivity index (χ4v) is 0.869. The average molecular weight is 291 g/mol. The van der Waals surface area contributed by atoms with E-state index >= 15 is 0 Å². The second-order valence-corrected chi connectivity index (χ2v) is 5.40. The quantitative estimate of drug-likeness (QED) is 0.214. The molecular weight excluding hydrogens is 280 g/mol. The number of rotatable bonds is 0. The van der Waals surface area contributed by atoms with Gasteiger partial charge in [0.25, 0.3) is 0 Å². The van der Waals surface area contributed by atoms with Crippen molar-refractivity contribution in [2.24, 2.45) is 0 Å². The van der Waals surface area contributed by atoms with Crippen molar-refractivity contribution in [1.29, 1.82) is 0 Å². The standard InChI is InChI=1S/C6H10ClN2.F6P/c1-8-4-3-5-9(2)6(8)7;1-7(2,3,4,5)6/h3-6H,1-2H3;/q+1;-1. The summed E-state index contributed by atoms with van der Waals surface area (Å²) in [7, 11) is -6.77. The number of nitrogens with zero attached hydrogens (tertiary/aromatic N) is 2. The molecule has 1 unspecified atom stereocenters. The van der Waals surface area contributed by atoms with Crippen molar-refractivity contribution in [3.8, 4) is 0 Å². The van der Waals surface area contributed by atoms with E-state index in [-0.39, 0.29) is 5.62 Å². The molecule has 2 nitrogen and oxygen atoms in total. The monoisotopic (exact) mass is 290 g/mol. The van der Waals surface area contributed by atoms with Crippen LogP contribution in [0.2, 0.25) is 0 Å². The molecule has 1 atom stereocenters. The number of hydrogen-bond donors (Lipinski definition) is 0. The van der Waals surface area contributed by atoms with Crippen molar-refractivity contribution >= 4 is 25.6 Å². The van der Waals surface area contributed by atoms with Crippen molar-refractivity contribution in [2.45, 2.75) is 5.62 Å². The fourth-order valence-electron chi connectivity index (χ4n) is 0.739. The summed E-state index contributed by atoms with van der Waals surface area (Å²) in [6.07, 6.45) is 5.84. The van der Waals surface area contributed by atoms with Gasteiger partial charge in [-0.05, 0) is 11.6 Å². The molecule has 0 N–H and O–H groups in total. The Kier molecular flexibility index (Phi) is 3.65. The van der Waals surface area contributed by atoms with E-state index in [2.05, 4.69) is 0 Å². The Labute approximate surface area is 93.0 Å². The van der Waals surface area contributed by atoms with E-state index in [4.69, 9.17) is 11.6 Å². The molecule has 0 bridgehead atoms. The first-order chi connectivity index (χ1) is 6.66. The van der Waals surface area contributed by atoms with Crippen LogP contribution in [0.5, 0.6) is 0 Å². The van der Waals surface area contributed by atoms with Gasteiger partial charge in [0, 0.05) is 19.3 Å². The van der Waals surface area contributed by atoms with E-state index in [0.29, 0.717) is 0 Å².